The summed E-state index contributed by atoms with van der Waals surface area (Å²) in [6.07, 6.45) is 6.08. The number of aromatic carboxylic acids is 1. The Bertz CT molecular complexity index is 1190. The molecule has 2 N–H and O–H groups in total. The number of carboxylic acids is 1. The first-order chi connectivity index (χ1) is 17.5. The number of carbonyl (C=O) groups is 3. The van der Waals surface area contributed by atoms with Gasteiger partial charge in [0.15, 0.2) is 5.69 Å². The lowest BCUT2D eigenvalue weighted by Gasteiger charge is -2.40. The molecule has 1 fully saturated rings. The van der Waals surface area contributed by atoms with Crippen molar-refractivity contribution >= 4 is 17.8 Å². The highest BCUT2D eigenvalue weighted by Crippen LogP contribution is 2.32. The van der Waals surface area contributed by atoms with Crippen LogP contribution in [0.5, 0.6) is 0 Å². The predicted molar refractivity (Wildman–Crippen MR) is 134 cm³/mol. The molecular formula is C28H30N4O4. The van der Waals surface area contributed by atoms with Crippen LogP contribution in [-0.2, 0) is 17.8 Å². The Hall–Kier alpha value is -4.07. The molecule has 1 heterocycles. The molecule has 1 aromatic heterocycles. The van der Waals surface area contributed by atoms with Crippen molar-refractivity contribution in [1.82, 2.24) is 20.2 Å². The van der Waals surface area contributed by atoms with Gasteiger partial charge in [0.05, 0.1) is 6.54 Å². The maximum Gasteiger partial charge on any atom is 0.354 e. The van der Waals surface area contributed by atoms with Gasteiger partial charge in [-0.25, -0.2) is 14.8 Å². The van der Waals surface area contributed by atoms with E-state index < -0.39 is 11.9 Å². The summed E-state index contributed by atoms with van der Waals surface area (Å²) >= 11 is 0. The van der Waals surface area contributed by atoms with Gasteiger partial charge in [-0.3, -0.25) is 9.59 Å². The molecule has 0 aliphatic heterocycles. The molecule has 186 valence electrons. The molecule has 8 nitrogen and oxygen atoms in total. The van der Waals surface area contributed by atoms with Crippen LogP contribution in [0.1, 0.15) is 57.8 Å². The molecule has 36 heavy (non-hydrogen) atoms. The van der Waals surface area contributed by atoms with Crippen molar-refractivity contribution in [3.8, 4) is 0 Å². The molecule has 1 saturated carbocycles. The van der Waals surface area contributed by atoms with Gasteiger partial charge in [0.2, 0.25) is 5.91 Å². The molecule has 2 aromatic carbocycles. The van der Waals surface area contributed by atoms with Gasteiger partial charge < -0.3 is 15.3 Å². The van der Waals surface area contributed by atoms with Gasteiger partial charge in [-0.05, 0) is 36.3 Å². The van der Waals surface area contributed by atoms with Crippen molar-refractivity contribution in [1.29, 1.82) is 0 Å². The first-order valence-corrected chi connectivity index (χ1v) is 12.2. The fourth-order valence-electron chi connectivity index (χ4n) is 4.87. The highest BCUT2D eigenvalue weighted by molar-refractivity contribution is 5.96. The van der Waals surface area contributed by atoms with E-state index in [1.54, 1.807) is 0 Å². The van der Waals surface area contributed by atoms with Crippen LogP contribution in [0.2, 0.25) is 0 Å². The summed E-state index contributed by atoms with van der Waals surface area (Å²) < 4.78 is 0. The smallest absolute Gasteiger partial charge is 0.354 e. The van der Waals surface area contributed by atoms with Gasteiger partial charge in [0.1, 0.15) is 12.0 Å². The number of hydrogen-bond donors (Lipinski definition) is 2. The monoisotopic (exact) mass is 486 g/mol. The summed E-state index contributed by atoms with van der Waals surface area (Å²) in [5, 5.41) is 11.7. The second-order valence-electron chi connectivity index (χ2n) is 9.09. The second kappa shape index (κ2) is 12.1. The largest absolute Gasteiger partial charge is 0.477 e. The van der Waals surface area contributed by atoms with Crippen molar-refractivity contribution < 1.29 is 19.5 Å². The lowest BCUT2D eigenvalue weighted by atomic mass is 9.79. The lowest BCUT2D eigenvalue weighted by Crippen LogP contribution is -2.49. The molecule has 0 saturated heterocycles. The summed E-state index contributed by atoms with van der Waals surface area (Å²) in [5.74, 6) is -1.72. The van der Waals surface area contributed by atoms with Crippen LogP contribution >= 0.6 is 0 Å². The Kier molecular flexibility index (Phi) is 8.39. The number of hydrogen-bond acceptors (Lipinski definition) is 5. The number of rotatable bonds is 9. The van der Waals surface area contributed by atoms with Crippen LogP contribution in [0, 0.1) is 5.92 Å². The van der Waals surface area contributed by atoms with Crippen molar-refractivity contribution in [2.45, 2.75) is 44.7 Å². The average molecular weight is 487 g/mol. The third-order valence-corrected chi connectivity index (χ3v) is 6.65. The third-order valence-electron chi connectivity index (χ3n) is 6.65. The fraction of sp³-hybridized carbons (Fsp3) is 0.321. The minimum Gasteiger partial charge on any atom is -0.477 e. The van der Waals surface area contributed by atoms with E-state index in [9.17, 15) is 14.4 Å². The van der Waals surface area contributed by atoms with Crippen LogP contribution in [0.25, 0.3) is 0 Å². The van der Waals surface area contributed by atoms with E-state index in [0.717, 1.165) is 50.1 Å². The predicted octanol–water partition coefficient (Wildman–Crippen LogP) is 3.73. The number of nitrogens with one attached hydrogen (secondary N) is 1. The molecule has 2 atom stereocenters. The van der Waals surface area contributed by atoms with E-state index in [1.165, 1.54) is 5.56 Å². The van der Waals surface area contributed by atoms with Gasteiger partial charge in [0, 0.05) is 18.7 Å². The van der Waals surface area contributed by atoms with E-state index in [1.807, 2.05) is 53.4 Å². The van der Waals surface area contributed by atoms with Crippen molar-refractivity contribution in [2.24, 2.45) is 5.92 Å². The van der Waals surface area contributed by atoms with Crippen molar-refractivity contribution in [3.05, 3.63) is 95.6 Å². The number of benzene rings is 2. The van der Waals surface area contributed by atoms with Crippen LogP contribution in [0.4, 0.5) is 0 Å². The van der Waals surface area contributed by atoms with Crippen LogP contribution in [0.3, 0.4) is 0 Å². The number of nitrogens with zero attached hydrogens (tertiary/aromatic N) is 3. The van der Waals surface area contributed by atoms with Crippen LogP contribution < -0.4 is 5.32 Å². The summed E-state index contributed by atoms with van der Waals surface area (Å²) in [6.45, 7) is 0.259. The molecule has 4 rings (SSSR count). The topological polar surface area (TPSA) is 112 Å². The number of carbonyl (C=O) groups excluding carboxylic acids is 2. The molecule has 2 amide bonds. The molecule has 1 aliphatic carbocycles. The average Bonchev–Trinajstić information content (AvgIpc) is 2.92. The van der Waals surface area contributed by atoms with Crippen LogP contribution in [-0.4, -0.2) is 50.3 Å². The first kappa shape index (κ1) is 25.0. The Labute approximate surface area is 210 Å². The molecular weight excluding hydrogens is 456 g/mol. The molecule has 1 aliphatic rings. The maximum absolute atomic E-state index is 13.5. The Balaban J connectivity index is 1.51. The first-order valence-electron chi connectivity index (χ1n) is 12.2. The van der Waals surface area contributed by atoms with Gasteiger partial charge in [-0.2, -0.15) is 0 Å². The number of amides is 2. The molecule has 8 heteroatoms. The van der Waals surface area contributed by atoms with E-state index in [-0.39, 0.29) is 29.9 Å². The second-order valence-corrected chi connectivity index (χ2v) is 9.09. The van der Waals surface area contributed by atoms with E-state index in [0.29, 0.717) is 12.5 Å². The Morgan fingerprint density at radius 3 is 2.22 bits per heavy atom. The number of aromatic nitrogens is 2. The maximum atomic E-state index is 13.5. The molecule has 0 bridgehead atoms. The van der Waals surface area contributed by atoms with Gasteiger partial charge >= 0.3 is 5.97 Å². The normalized spacial score (nSPS) is 17.2. The van der Waals surface area contributed by atoms with Crippen molar-refractivity contribution in [2.75, 3.05) is 6.54 Å². The zero-order chi connectivity index (χ0) is 25.3. The number of carboxylic acid groups (broad SMARTS) is 1. The summed E-state index contributed by atoms with van der Waals surface area (Å²) in [5.41, 5.74) is 1.92. The lowest BCUT2D eigenvalue weighted by molar-refractivity contribution is -0.135. The van der Waals surface area contributed by atoms with E-state index in [2.05, 4.69) is 27.4 Å². The standard InChI is InChI=1S/C28H30N4O4/c33-26(17-29-27(34)23-16-24(28(35)36)31-19-30-23)32(18-21-11-5-2-6-12-21)25-14-8-7-13-22(25)15-20-9-3-1-4-10-20/h1-6,9-12,16,19,22,25H,7-8,13-15,17-18H2,(H,29,34)(H,35,36)/t22-,25?/m0/s1. The Morgan fingerprint density at radius 1 is 0.889 bits per heavy atom. The zero-order valence-electron chi connectivity index (χ0n) is 20.0. The molecule has 0 radical (unpaired) electrons. The summed E-state index contributed by atoms with van der Waals surface area (Å²) in [6, 6.07) is 21.4. The van der Waals surface area contributed by atoms with E-state index >= 15 is 0 Å². The minimum atomic E-state index is -1.25. The molecule has 3 aromatic rings. The molecule has 0 spiro atoms. The highest BCUT2D eigenvalue weighted by Gasteiger charge is 2.33. The summed E-state index contributed by atoms with van der Waals surface area (Å²) in [4.78, 5) is 46.7. The van der Waals surface area contributed by atoms with E-state index in [4.69, 9.17) is 5.11 Å². The SMILES string of the molecule is O=C(O)c1cc(C(=O)NCC(=O)N(Cc2ccccc2)C2CCCC[C@H]2Cc2ccccc2)ncn1. The fourth-order valence-corrected chi connectivity index (χ4v) is 4.87. The van der Waals surface area contributed by atoms with Crippen LogP contribution in [0.15, 0.2) is 73.1 Å². The third kappa shape index (κ3) is 6.53. The highest BCUT2D eigenvalue weighted by atomic mass is 16.4. The Morgan fingerprint density at radius 2 is 1.53 bits per heavy atom. The van der Waals surface area contributed by atoms with Gasteiger partial charge in [0.25, 0.3) is 5.91 Å². The minimum absolute atomic E-state index is 0.0567. The summed E-state index contributed by atoms with van der Waals surface area (Å²) in [7, 11) is 0. The van der Waals surface area contributed by atoms with Gasteiger partial charge in [-0.1, -0.05) is 73.5 Å². The molecule has 1 unspecified atom stereocenters. The van der Waals surface area contributed by atoms with Gasteiger partial charge in [-0.15, -0.1) is 0 Å². The zero-order valence-corrected chi connectivity index (χ0v) is 20.0. The quantitative estimate of drug-likeness (QED) is 0.477. The van der Waals surface area contributed by atoms with Crippen molar-refractivity contribution in [3.63, 3.8) is 0 Å².